The van der Waals surface area contributed by atoms with Crippen LogP contribution in [-0.2, 0) is 14.3 Å². The van der Waals surface area contributed by atoms with E-state index < -0.39 is 11.5 Å². The van der Waals surface area contributed by atoms with Crippen molar-refractivity contribution in [2.75, 3.05) is 26.8 Å². The Morgan fingerprint density at radius 2 is 1.81 bits per heavy atom. The van der Waals surface area contributed by atoms with Crippen molar-refractivity contribution in [1.29, 1.82) is 0 Å². The minimum atomic E-state index is -0.575. The van der Waals surface area contributed by atoms with Gasteiger partial charge < -0.3 is 21.1 Å². The topological polar surface area (TPSA) is 93.5 Å². The van der Waals surface area contributed by atoms with Crippen molar-refractivity contribution in [3.05, 3.63) is 0 Å². The number of carbonyl (C=O) groups excluding carboxylic acids is 2. The lowest BCUT2D eigenvalue weighted by atomic mass is 9.78. The largest absolute Gasteiger partial charge is 0.383 e. The smallest absolute Gasteiger partial charge is 0.242 e. The highest BCUT2D eigenvalue weighted by molar-refractivity contribution is 5.90. The van der Waals surface area contributed by atoms with Crippen molar-refractivity contribution < 1.29 is 14.3 Å². The average Bonchev–Trinajstić information content (AvgIpc) is 2.46. The van der Waals surface area contributed by atoms with Crippen molar-refractivity contribution in [3.8, 4) is 0 Å². The van der Waals surface area contributed by atoms with Crippen LogP contribution in [0.2, 0.25) is 0 Å². The normalized spacial score (nSPS) is 12.8. The first-order chi connectivity index (χ1) is 9.97. The van der Waals surface area contributed by atoms with Gasteiger partial charge in [-0.15, -0.1) is 0 Å². The number of nitrogens with one attached hydrogen (secondary N) is 2. The van der Waals surface area contributed by atoms with Crippen LogP contribution < -0.4 is 16.4 Å². The number of nitrogens with two attached hydrogens (primary N) is 1. The molecule has 0 fully saturated rings. The summed E-state index contributed by atoms with van der Waals surface area (Å²) in [6.07, 6.45) is 3.25. The zero-order valence-corrected chi connectivity index (χ0v) is 13.8. The molecule has 0 spiro atoms. The Bertz CT molecular complexity index is 315. The Kier molecular flexibility index (Phi) is 9.99. The van der Waals surface area contributed by atoms with Crippen LogP contribution >= 0.6 is 0 Å². The Morgan fingerprint density at radius 3 is 2.24 bits per heavy atom. The van der Waals surface area contributed by atoms with Gasteiger partial charge in [0.05, 0.1) is 12.0 Å². The van der Waals surface area contributed by atoms with Crippen molar-refractivity contribution in [3.63, 3.8) is 0 Å². The third kappa shape index (κ3) is 6.44. The molecule has 0 saturated carbocycles. The molecule has 0 aliphatic rings. The minimum Gasteiger partial charge on any atom is -0.383 e. The molecule has 0 aromatic carbocycles. The Labute approximate surface area is 128 Å². The van der Waals surface area contributed by atoms with Gasteiger partial charge in [-0.25, -0.2) is 0 Å². The van der Waals surface area contributed by atoms with Crippen molar-refractivity contribution in [2.45, 2.75) is 52.5 Å². The number of methoxy groups -OCH3 is 1. The fourth-order valence-corrected chi connectivity index (χ4v) is 2.45. The van der Waals surface area contributed by atoms with E-state index in [9.17, 15) is 9.59 Å². The summed E-state index contributed by atoms with van der Waals surface area (Å²) < 4.78 is 4.87. The second-order valence-corrected chi connectivity index (χ2v) is 5.46. The van der Waals surface area contributed by atoms with Crippen LogP contribution in [0.3, 0.4) is 0 Å². The Hall–Kier alpha value is -1.14. The summed E-state index contributed by atoms with van der Waals surface area (Å²) >= 11 is 0. The van der Waals surface area contributed by atoms with Crippen LogP contribution in [0.15, 0.2) is 0 Å². The van der Waals surface area contributed by atoms with Gasteiger partial charge in [0, 0.05) is 20.2 Å². The van der Waals surface area contributed by atoms with E-state index in [2.05, 4.69) is 10.6 Å². The molecule has 0 aliphatic carbocycles. The van der Waals surface area contributed by atoms with E-state index in [1.807, 2.05) is 13.8 Å². The lowest BCUT2D eigenvalue weighted by Gasteiger charge is -2.32. The van der Waals surface area contributed by atoms with Gasteiger partial charge in [0.2, 0.25) is 11.8 Å². The lowest BCUT2D eigenvalue weighted by molar-refractivity contribution is -0.135. The highest BCUT2D eigenvalue weighted by atomic mass is 16.5. The second kappa shape index (κ2) is 10.6. The summed E-state index contributed by atoms with van der Waals surface area (Å²) in [7, 11) is 1.57. The highest BCUT2D eigenvalue weighted by Gasteiger charge is 2.36. The molecule has 0 radical (unpaired) electrons. The molecular formula is C15H31N3O3. The van der Waals surface area contributed by atoms with E-state index in [4.69, 9.17) is 10.5 Å². The quantitative estimate of drug-likeness (QED) is 0.492. The molecule has 124 valence electrons. The Balaban J connectivity index is 4.62. The van der Waals surface area contributed by atoms with Crippen LogP contribution in [0.5, 0.6) is 0 Å². The van der Waals surface area contributed by atoms with Gasteiger partial charge in [0.1, 0.15) is 6.04 Å². The van der Waals surface area contributed by atoms with Crippen molar-refractivity contribution in [1.82, 2.24) is 10.6 Å². The van der Waals surface area contributed by atoms with Crippen molar-refractivity contribution in [2.24, 2.45) is 11.1 Å². The average molecular weight is 301 g/mol. The zero-order valence-electron chi connectivity index (χ0n) is 13.8. The molecule has 0 bridgehead atoms. The molecule has 1 unspecified atom stereocenters. The van der Waals surface area contributed by atoms with Crippen LogP contribution in [-0.4, -0.2) is 44.7 Å². The summed E-state index contributed by atoms with van der Waals surface area (Å²) in [6, 6.07) is -0.575. The second-order valence-electron chi connectivity index (χ2n) is 5.46. The molecule has 0 heterocycles. The maximum absolute atomic E-state index is 12.5. The first-order valence-electron chi connectivity index (χ1n) is 7.75. The number of hydrogen-bond donors (Lipinski definition) is 3. The summed E-state index contributed by atoms with van der Waals surface area (Å²) in [5.74, 6) is -0.331. The maximum atomic E-state index is 12.5. The molecule has 0 rings (SSSR count). The predicted octanol–water partition coefficient (Wildman–Crippen LogP) is 0.799. The molecular weight excluding hydrogens is 270 g/mol. The number of ether oxygens (including phenoxy) is 1. The van der Waals surface area contributed by atoms with Crippen LogP contribution in [0.1, 0.15) is 46.5 Å². The first-order valence-corrected chi connectivity index (χ1v) is 7.75. The van der Waals surface area contributed by atoms with Gasteiger partial charge in [0.15, 0.2) is 0 Å². The van der Waals surface area contributed by atoms with E-state index in [-0.39, 0.29) is 11.8 Å². The maximum Gasteiger partial charge on any atom is 0.242 e. The van der Waals surface area contributed by atoms with Crippen LogP contribution in [0, 0.1) is 5.41 Å². The predicted molar refractivity (Wildman–Crippen MR) is 83.8 cm³/mol. The van der Waals surface area contributed by atoms with Gasteiger partial charge in [-0.1, -0.05) is 26.7 Å². The van der Waals surface area contributed by atoms with Crippen LogP contribution in [0.4, 0.5) is 0 Å². The third-order valence-corrected chi connectivity index (χ3v) is 3.68. The standard InChI is InChI=1S/C15H31N3O3/c1-5-7-15(11-16,8-6-2)14(20)18-12(3)13(19)17-9-10-21-4/h12H,5-11,16H2,1-4H3,(H,17,19)(H,18,20). The Morgan fingerprint density at radius 1 is 1.24 bits per heavy atom. The van der Waals surface area contributed by atoms with E-state index in [0.717, 1.165) is 25.7 Å². The monoisotopic (exact) mass is 301 g/mol. The SMILES string of the molecule is CCCC(CN)(CCC)C(=O)NC(C)C(=O)NCCOC. The molecule has 6 nitrogen and oxygen atoms in total. The fraction of sp³-hybridized carbons (Fsp3) is 0.867. The van der Waals surface area contributed by atoms with Gasteiger partial charge in [0.25, 0.3) is 0 Å². The molecule has 4 N–H and O–H groups in total. The molecule has 2 amide bonds. The summed E-state index contributed by atoms with van der Waals surface area (Å²) in [5.41, 5.74) is 5.29. The van der Waals surface area contributed by atoms with E-state index in [1.54, 1.807) is 14.0 Å². The summed E-state index contributed by atoms with van der Waals surface area (Å²) in [6.45, 7) is 6.94. The minimum absolute atomic E-state index is 0.122. The van der Waals surface area contributed by atoms with Gasteiger partial charge in [-0.3, -0.25) is 9.59 Å². The molecule has 21 heavy (non-hydrogen) atoms. The van der Waals surface area contributed by atoms with Gasteiger partial charge in [-0.2, -0.15) is 0 Å². The van der Waals surface area contributed by atoms with E-state index in [1.165, 1.54) is 0 Å². The van der Waals surface area contributed by atoms with Gasteiger partial charge >= 0.3 is 0 Å². The number of rotatable bonds is 11. The number of hydrogen-bond acceptors (Lipinski definition) is 4. The summed E-state index contributed by atoms with van der Waals surface area (Å²) in [5, 5.41) is 5.51. The fourth-order valence-electron chi connectivity index (χ4n) is 2.45. The van der Waals surface area contributed by atoms with E-state index >= 15 is 0 Å². The first kappa shape index (κ1) is 19.9. The van der Waals surface area contributed by atoms with Crippen molar-refractivity contribution >= 4 is 11.8 Å². The molecule has 6 heteroatoms. The summed E-state index contributed by atoms with van der Waals surface area (Å²) in [4.78, 5) is 24.4. The molecule has 0 aromatic heterocycles. The van der Waals surface area contributed by atoms with Crippen LogP contribution in [0.25, 0.3) is 0 Å². The zero-order chi connectivity index (χ0) is 16.3. The number of carbonyl (C=O) groups is 2. The molecule has 0 aliphatic heterocycles. The molecule has 1 atom stereocenters. The lowest BCUT2D eigenvalue weighted by Crippen LogP contribution is -2.52. The third-order valence-electron chi connectivity index (χ3n) is 3.68. The molecule has 0 saturated heterocycles. The van der Waals surface area contributed by atoms with Gasteiger partial charge in [-0.05, 0) is 19.8 Å². The molecule has 0 aromatic rings. The van der Waals surface area contributed by atoms with E-state index in [0.29, 0.717) is 19.7 Å². The highest BCUT2D eigenvalue weighted by Crippen LogP contribution is 2.29. The number of amides is 2.